The maximum atomic E-state index is 3.34. The first-order valence-corrected chi connectivity index (χ1v) is 5.42. The molecule has 0 N–H and O–H groups in total. The van der Waals surface area contributed by atoms with Crippen molar-refractivity contribution in [1.29, 1.82) is 0 Å². The molecule has 13 heavy (non-hydrogen) atoms. The van der Waals surface area contributed by atoms with E-state index in [4.69, 9.17) is 0 Å². The van der Waals surface area contributed by atoms with Crippen LogP contribution in [0.25, 0.3) is 9.75 Å². The van der Waals surface area contributed by atoms with Gasteiger partial charge in [0.05, 0.1) is 0 Å². The average Bonchev–Trinajstić information content (AvgIpc) is 2.61. The van der Waals surface area contributed by atoms with Gasteiger partial charge in [-0.2, -0.15) is 21.4 Å². The minimum absolute atomic E-state index is 0. The molecule has 0 saturated heterocycles. The minimum Gasteiger partial charge on any atom is -0.305 e. The summed E-state index contributed by atoms with van der Waals surface area (Å²) < 4.78 is 0. The fourth-order valence-electron chi connectivity index (χ4n) is 0.981. The maximum Gasteiger partial charge on any atom is 0 e. The molecule has 2 heterocycles. The van der Waals surface area contributed by atoms with E-state index in [1.165, 1.54) is 20.2 Å². The molecule has 0 saturated carbocycles. The number of thiophene rings is 2. The number of hydrogen-bond acceptors (Lipinski definition) is 2. The van der Waals surface area contributed by atoms with Crippen LogP contribution in [0.3, 0.4) is 0 Å². The fourth-order valence-corrected chi connectivity index (χ4v) is 2.68. The van der Waals surface area contributed by atoms with Crippen molar-refractivity contribution in [3.05, 3.63) is 34.0 Å². The van der Waals surface area contributed by atoms with Crippen molar-refractivity contribution < 1.29 is 32.7 Å². The van der Waals surface area contributed by atoms with Crippen molar-refractivity contribution in [1.82, 2.24) is 0 Å². The second kappa shape index (κ2) is 4.83. The molecule has 0 spiro atoms. The molecule has 0 aliphatic heterocycles. The minimum atomic E-state index is 0. The molecule has 0 fully saturated rings. The molecule has 0 nitrogen and oxygen atoms in total. The Kier molecular flexibility index (Phi) is 4.30. The fraction of sp³-hybridized carbons (Fsp3) is 0.200. The van der Waals surface area contributed by atoms with Gasteiger partial charge in [0.2, 0.25) is 0 Å². The summed E-state index contributed by atoms with van der Waals surface area (Å²) in [5.74, 6) is 0. The normalized spacial score (nSPS) is 9.69. The monoisotopic (exact) mass is 281 g/mol. The van der Waals surface area contributed by atoms with E-state index in [2.05, 4.69) is 26.0 Å². The van der Waals surface area contributed by atoms with Gasteiger partial charge in [-0.15, -0.1) is 10.3 Å². The second-order valence-corrected chi connectivity index (χ2v) is 4.77. The Morgan fingerprint density at radius 1 is 1.23 bits per heavy atom. The maximum absolute atomic E-state index is 3.34. The molecule has 0 aromatic carbocycles. The van der Waals surface area contributed by atoms with E-state index in [1.54, 1.807) is 22.7 Å². The third-order valence-corrected chi connectivity index (χ3v) is 3.84. The van der Waals surface area contributed by atoms with Gasteiger partial charge < -0.3 is 22.7 Å². The van der Waals surface area contributed by atoms with Crippen LogP contribution in [-0.2, 0) is 32.7 Å². The molecule has 0 aliphatic rings. The van der Waals surface area contributed by atoms with Gasteiger partial charge in [-0.1, -0.05) is 13.8 Å². The first kappa shape index (κ1) is 11.6. The molecule has 2 rings (SSSR count). The van der Waals surface area contributed by atoms with E-state index in [-0.39, 0.29) is 32.7 Å². The Hall–Kier alpha value is 0.504. The number of aryl methyl sites for hydroxylation is 2. The van der Waals surface area contributed by atoms with E-state index in [0.717, 1.165) is 0 Å². The smallest absolute Gasteiger partial charge is 0 e. The van der Waals surface area contributed by atoms with Crippen molar-refractivity contribution >= 4 is 22.7 Å². The Morgan fingerprint density at radius 3 is 2.46 bits per heavy atom. The molecule has 0 aliphatic carbocycles. The summed E-state index contributed by atoms with van der Waals surface area (Å²) in [6, 6.07) is 8.49. The molecular formula is C10H8S2Y-2. The first-order chi connectivity index (χ1) is 5.77. The Balaban J connectivity index is 0.000000845. The largest absolute Gasteiger partial charge is 0.305 e. The van der Waals surface area contributed by atoms with Gasteiger partial charge in [0.25, 0.3) is 0 Å². The zero-order chi connectivity index (χ0) is 8.55. The SMILES string of the molecule is Cc1[c-]c(-c2[c-]ccs2)sc1C.[Y]. The van der Waals surface area contributed by atoms with Crippen LogP contribution in [0.5, 0.6) is 0 Å². The van der Waals surface area contributed by atoms with Crippen LogP contribution in [0.1, 0.15) is 10.4 Å². The summed E-state index contributed by atoms with van der Waals surface area (Å²) in [5, 5.41) is 2.05. The van der Waals surface area contributed by atoms with E-state index >= 15 is 0 Å². The molecule has 65 valence electrons. The zero-order valence-electron chi connectivity index (χ0n) is 7.55. The molecule has 0 amide bonds. The third kappa shape index (κ3) is 2.50. The van der Waals surface area contributed by atoms with Crippen LogP contribution < -0.4 is 0 Å². The molecular weight excluding hydrogens is 273 g/mol. The van der Waals surface area contributed by atoms with Crippen LogP contribution >= 0.6 is 22.7 Å². The summed E-state index contributed by atoms with van der Waals surface area (Å²) in [4.78, 5) is 3.78. The van der Waals surface area contributed by atoms with Crippen LogP contribution in [0.4, 0.5) is 0 Å². The van der Waals surface area contributed by atoms with Gasteiger partial charge in [-0.3, -0.25) is 0 Å². The van der Waals surface area contributed by atoms with Crippen LogP contribution in [-0.4, -0.2) is 0 Å². The molecule has 2 aromatic heterocycles. The van der Waals surface area contributed by atoms with Gasteiger partial charge in [-0.25, -0.2) is 12.1 Å². The average molecular weight is 281 g/mol. The summed E-state index contributed by atoms with van der Waals surface area (Å²) in [5.41, 5.74) is 1.26. The van der Waals surface area contributed by atoms with E-state index < -0.39 is 0 Å². The standard InChI is InChI=1S/C10H8S2.Y/c1-7-6-10(12-8(7)2)9-4-3-5-11-9;/h3,5H,1-2H3;/q-2;. The van der Waals surface area contributed by atoms with Gasteiger partial charge in [0.15, 0.2) is 0 Å². The predicted molar refractivity (Wildman–Crippen MR) is 54.8 cm³/mol. The summed E-state index contributed by atoms with van der Waals surface area (Å²) in [7, 11) is 0. The molecule has 2 aromatic rings. The molecule has 1 radical (unpaired) electrons. The van der Waals surface area contributed by atoms with Crippen LogP contribution in [0.2, 0.25) is 0 Å². The molecule has 3 heteroatoms. The number of rotatable bonds is 1. The van der Waals surface area contributed by atoms with Gasteiger partial charge in [-0.05, 0) is 0 Å². The van der Waals surface area contributed by atoms with Crippen molar-refractivity contribution in [3.63, 3.8) is 0 Å². The Morgan fingerprint density at radius 2 is 2.00 bits per heavy atom. The van der Waals surface area contributed by atoms with E-state index in [0.29, 0.717) is 0 Å². The zero-order valence-corrected chi connectivity index (χ0v) is 12.0. The van der Waals surface area contributed by atoms with Gasteiger partial charge in [0, 0.05) is 32.7 Å². The van der Waals surface area contributed by atoms with Crippen LogP contribution in [0, 0.1) is 26.0 Å². The third-order valence-electron chi connectivity index (χ3n) is 1.76. The van der Waals surface area contributed by atoms with E-state index in [1.807, 2.05) is 11.4 Å². The van der Waals surface area contributed by atoms with E-state index in [9.17, 15) is 0 Å². The van der Waals surface area contributed by atoms with Gasteiger partial charge in [0.1, 0.15) is 0 Å². The van der Waals surface area contributed by atoms with Crippen molar-refractivity contribution in [2.75, 3.05) is 0 Å². The van der Waals surface area contributed by atoms with Crippen LogP contribution in [0.15, 0.2) is 11.4 Å². The second-order valence-electron chi connectivity index (χ2n) is 2.63. The van der Waals surface area contributed by atoms with Crippen molar-refractivity contribution in [2.24, 2.45) is 0 Å². The number of hydrogen-bond donors (Lipinski definition) is 0. The predicted octanol–water partition coefficient (Wildman–Crippen LogP) is 3.69. The Bertz CT molecular complexity index is 354. The topological polar surface area (TPSA) is 0 Å². The van der Waals surface area contributed by atoms with Crippen molar-refractivity contribution in [2.45, 2.75) is 13.8 Å². The van der Waals surface area contributed by atoms with Crippen molar-refractivity contribution in [3.8, 4) is 9.75 Å². The first-order valence-electron chi connectivity index (χ1n) is 3.72. The van der Waals surface area contributed by atoms with Gasteiger partial charge >= 0.3 is 0 Å². The quantitative estimate of drug-likeness (QED) is 0.699. The summed E-state index contributed by atoms with van der Waals surface area (Å²) in [6.45, 7) is 4.23. The summed E-state index contributed by atoms with van der Waals surface area (Å²) >= 11 is 3.52. The summed E-state index contributed by atoms with van der Waals surface area (Å²) in [6.07, 6.45) is 0. The molecule has 0 unspecified atom stereocenters. The molecule has 0 bridgehead atoms. The molecule has 0 atom stereocenters. The Labute approximate surface area is 112 Å².